The summed E-state index contributed by atoms with van der Waals surface area (Å²) in [7, 11) is 1.37. The van der Waals surface area contributed by atoms with Crippen molar-refractivity contribution in [2.24, 2.45) is 5.73 Å². The number of benzene rings is 1. The van der Waals surface area contributed by atoms with Crippen molar-refractivity contribution in [2.45, 2.75) is 0 Å². The summed E-state index contributed by atoms with van der Waals surface area (Å²) in [5.74, 6) is -0.989. The van der Waals surface area contributed by atoms with Crippen molar-refractivity contribution in [3.05, 3.63) is 35.7 Å². The molecule has 1 aromatic carbocycles. The first-order valence-corrected chi connectivity index (χ1v) is 3.95. The van der Waals surface area contributed by atoms with E-state index in [0.717, 1.165) is 6.08 Å². The molecule has 0 aliphatic carbocycles. The van der Waals surface area contributed by atoms with E-state index in [-0.39, 0.29) is 11.3 Å². The SMILES string of the molecule is COc1cccc(/C=C/C(N)=O)c1F. The van der Waals surface area contributed by atoms with Gasteiger partial charge >= 0.3 is 0 Å². The molecule has 2 N–H and O–H groups in total. The Balaban J connectivity index is 3.03. The highest BCUT2D eigenvalue weighted by molar-refractivity contribution is 5.90. The molecule has 4 heteroatoms. The zero-order chi connectivity index (χ0) is 10.6. The molecule has 0 heterocycles. The fourth-order valence-electron chi connectivity index (χ4n) is 0.986. The largest absolute Gasteiger partial charge is 0.494 e. The van der Waals surface area contributed by atoms with E-state index in [1.165, 1.54) is 25.3 Å². The van der Waals surface area contributed by atoms with Crippen LogP contribution < -0.4 is 10.5 Å². The lowest BCUT2D eigenvalue weighted by molar-refractivity contribution is -0.113. The summed E-state index contributed by atoms with van der Waals surface area (Å²) in [5.41, 5.74) is 5.15. The molecule has 1 aromatic rings. The van der Waals surface area contributed by atoms with Crippen LogP contribution in [0.5, 0.6) is 5.75 Å². The van der Waals surface area contributed by atoms with E-state index in [1.807, 2.05) is 0 Å². The third-order valence-corrected chi connectivity index (χ3v) is 1.64. The Morgan fingerprint density at radius 1 is 1.57 bits per heavy atom. The van der Waals surface area contributed by atoms with Crippen LogP contribution in [-0.2, 0) is 4.79 Å². The fraction of sp³-hybridized carbons (Fsp3) is 0.100. The average Bonchev–Trinajstić information content (AvgIpc) is 2.16. The lowest BCUT2D eigenvalue weighted by Gasteiger charge is -2.02. The van der Waals surface area contributed by atoms with Crippen molar-refractivity contribution < 1.29 is 13.9 Å². The molecular weight excluding hydrogens is 185 g/mol. The molecule has 0 spiro atoms. The number of carbonyl (C=O) groups is 1. The molecule has 0 fully saturated rings. The zero-order valence-electron chi connectivity index (χ0n) is 7.66. The molecule has 3 nitrogen and oxygen atoms in total. The predicted octanol–water partition coefficient (Wildman–Crippen LogP) is 1.33. The molecule has 14 heavy (non-hydrogen) atoms. The number of halogens is 1. The Hall–Kier alpha value is -1.84. The van der Waals surface area contributed by atoms with Crippen LogP contribution in [0, 0.1) is 5.82 Å². The van der Waals surface area contributed by atoms with Gasteiger partial charge in [-0.15, -0.1) is 0 Å². The van der Waals surface area contributed by atoms with Gasteiger partial charge in [-0.25, -0.2) is 4.39 Å². The van der Waals surface area contributed by atoms with E-state index in [1.54, 1.807) is 6.07 Å². The van der Waals surface area contributed by atoms with Crippen molar-refractivity contribution >= 4 is 12.0 Å². The highest BCUT2D eigenvalue weighted by atomic mass is 19.1. The topological polar surface area (TPSA) is 52.3 Å². The van der Waals surface area contributed by atoms with Gasteiger partial charge in [0.25, 0.3) is 0 Å². The van der Waals surface area contributed by atoms with E-state index in [9.17, 15) is 9.18 Å². The summed E-state index contributed by atoms with van der Waals surface area (Å²) in [5, 5.41) is 0. The molecule has 0 radical (unpaired) electrons. The van der Waals surface area contributed by atoms with Gasteiger partial charge in [-0.1, -0.05) is 12.1 Å². The normalized spacial score (nSPS) is 10.4. The predicted molar refractivity (Wildman–Crippen MR) is 51.2 cm³/mol. The third-order valence-electron chi connectivity index (χ3n) is 1.64. The summed E-state index contributed by atoms with van der Waals surface area (Å²) in [6.45, 7) is 0. The maximum atomic E-state index is 13.4. The Morgan fingerprint density at radius 3 is 2.86 bits per heavy atom. The highest BCUT2D eigenvalue weighted by Gasteiger charge is 2.04. The molecule has 0 unspecified atom stereocenters. The molecule has 74 valence electrons. The van der Waals surface area contributed by atoms with Gasteiger partial charge in [0, 0.05) is 11.6 Å². The second kappa shape index (κ2) is 4.41. The Bertz CT molecular complexity index is 374. The monoisotopic (exact) mass is 195 g/mol. The van der Waals surface area contributed by atoms with Crippen molar-refractivity contribution in [3.63, 3.8) is 0 Å². The summed E-state index contributed by atoms with van der Waals surface area (Å²) >= 11 is 0. The molecule has 0 saturated heterocycles. The van der Waals surface area contributed by atoms with Crippen LogP contribution in [0.3, 0.4) is 0 Å². The minimum atomic E-state index is -0.618. The quantitative estimate of drug-likeness (QED) is 0.740. The van der Waals surface area contributed by atoms with Crippen LogP contribution in [0.4, 0.5) is 4.39 Å². The van der Waals surface area contributed by atoms with Gasteiger partial charge in [0.1, 0.15) is 0 Å². The molecule has 0 aromatic heterocycles. The molecule has 0 aliphatic heterocycles. The van der Waals surface area contributed by atoms with Gasteiger partial charge < -0.3 is 10.5 Å². The Labute approximate surface area is 81.0 Å². The van der Waals surface area contributed by atoms with Crippen molar-refractivity contribution in [1.82, 2.24) is 0 Å². The molecule has 1 amide bonds. The summed E-state index contributed by atoms with van der Waals surface area (Å²) in [6, 6.07) is 4.65. The van der Waals surface area contributed by atoms with E-state index < -0.39 is 11.7 Å². The summed E-state index contributed by atoms with van der Waals surface area (Å²) in [6.07, 6.45) is 2.40. The van der Waals surface area contributed by atoms with Gasteiger partial charge in [0.15, 0.2) is 11.6 Å². The number of amides is 1. The first-order chi connectivity index (χ1) is 6.65. The average molecular weight is 195 g/mol. The number of hydrogen-bond acceptors (Lipinski definition) is 2. The van der Waals surface area contributed by atoms with Crippen LogP contribution >= 0.6 is 0 Å². The van der Waals surface area contributed by atoms with Crippen LogP contribution in [0.25, 0.3) is 6.08 Å². The van der Waals surface area contributed by atoms with Crippen LogP contribution in [-0.4, -0.2) is 13.0 Å². The van der Waals surface area contributed by atoms with E-state index in [2.05, 4.69) is 0 Å². The Morgan fingerprint density at radius 2 is 2.29 bits per heavy atom. The number of nitrogens with two attached hydrogens (primary N) is 1. The molecule has 0 atom stereocenters. The molecule has 1 rings (SSSR count). The number of rotatable bonds is 3. The smallest absolute Gasteiger partial charge is 0.241 e. The standard InChI is InChI=1S/C10H10FNO2/c1-14-8-4-2-3-7(10(8)11)5-6-9(12)13/h2-6H,1H3,(H2,12,13)/b6-5+. The van der Waals surface area contributed by atoms with Gasteiger partial charge in [-0.2, -0.15) is 0 Å². The van der Waals surface area contributed by atoms with Crippen LogP contribution in [0.1, 0.15) is 5.56 Å². The number of ether oxygens (including phenoxy) is 1. The van der Waals surface area contributed by atoms with Crippen molar-refractivity contribution in [3.8, 4) is 5.75 Å². The maximum Gasteiger partial charge on any atom is 0.241 e. The third kappa shape index (κ3) is 2.32. The van der Waals surface area contributed by atoms with E-state index in [0.29, 0.717) is 0 Å². The fourth-order valence-corrected chi connectivity index (χ4v) is 0.986. The minimum Gasteiger partial charge on any atom is -0.494 e. The van der Waals surface area contributed by atoms with Crippen molar-refractivity contribution in [1.29, 1.82) is 0 Å². The molecule has 0 aliphatic rings. The van der Waals surface area contributed by atoms with Gasteiger partial charge in [0.05, 0.1) is 7.11 Å². The maximum absolute atomic E-state index is 13.4. The van der Waals surface area contributed by atoms with Crippen molar-refractivity contribution in [2.75, 3.05) is 7.11 Å². The molecule has 0 bridgehead atoms. The molecular formula is C10H10FNO2. The van der Waals surface area contributed by atoms with E-state index >= 15 is 0 Å². The first kappa shape index (κ1) is 10.2. The Kier molecular flexibility index (Phi) is 3.23. The number of methoxy groups -OCH3 is 1. The highest BCUT2D eigenvalue weighted by Crippen LogP contribution is 2.20. The number of carbonyl (C=O) groups excluding carboxylic acids is 1. The van der Waals surface area contributed by atoms with Gasteiger partial charge in [-0.3, -0.25) is 4.79 Å². The van der Waals surface area contributed by atoms with Crippen LogP contribution in [0.15, 0.2) is 24.3 Å². The van der Waals surface area contributed by atoms with Crippen LogP contribution in [0.2, 0.25) is 0 Å². The number of hydrogen-bond donors (Lipinski definition) is 1. The zero-order valence-corrected chi connectivity index (χ0v) is 7.66. The second-order valence-corrected chi connectivity index (χ2v) is 2.60. The number of primary amides is 1. The lowest BCUT2D eigenvalue weighted by atomic mass is 10.2. The minimum absolute atomic E-state index is 0.136. The van der Waals surface area contributed by atoms with Gasteiger partial charge in [0.2, 0.25) is 5.91 Å². The first-order valence-electron chi connectivity index (χ1n) is 3.95. The van der Waals surface area contributed by atoms with E-state index in [4.69, 9.17) is 10.5 Å². The van der Waals surface area contributed by atoms with Gasteiger partial charge in [-0.05, 0) is 12.1 Å². The summed E-state index contributed by atoms with van der Waals surface area (Å²) in [4.78, 5) is 10.4. The molecule has 0 saturated carbocycles. The lowest BCUT2D eigenvalue weighted by Crippen LogP contribution is -2.05. The second-order valence-electron chi connectivity index (χ2n) is 2.60. The summed E-state index contributed by atoms with van der Waals surface area (Å²) < 4.78 is 18.2.